The van der Waals surface area contributed by atoms with Crippen LogP contribution >= 0.6 is 0 Å². The van der Waals surface area contributed by atoms with Gasteiger partial charge in [0.15, 0.2) is 0 Å². The standard InChI is InChI=1S/C22H24O4/c1-21-9-13-7-14(10-21)12-22(2,11-13)18(21)6-4-15-8-16(19(23)24)3-5-17(15)20(25)26/h3,5,8,13-14,18H,7,9-12H2,1-2H3,(H,23,24)(H,25,26). The minimum Gasteiger partial charge on any atom is -0.478 e. The molecular weight excluding hydrogens is 328 g/mol. The lowest BCUT2D eigenvalue weighted by atomic mass is 9.41. The highest BCUT2D eigenvalue weighted by Crippen LogP contribution is 2.67. The Morgan fingerprint density at radius 2 is 1.58 bits per heavy atom. The molecule has 0 amide bonds. The first kappa shape index (κ1) is 17.1. The predicted molar refractivity (Wildman–Crippen MR) is 97.0 cm³/mol. The van der Waals surface area contributed by atoms with E-state index in [4.69, 9.17) is 0 Å². The SMILES string of the molecule is CC12CC3CC(C1)CC(C)(C3)C2C#Cc1cc(C(=O)O)ccc1C(=O)O. The normalized spacial score (nSPS) is 37.1. The summed E-state index contributed by atoms with van der Waals surface area (Å²) < 4.78 is 0. The summed E-state index contributed by atoms with van der Waals surface area (Å²) in [5, 5.41) is 18.6. The number of carboxylic acids is 2. The molecule has 4 saturated carbocycles. The summed E-state index contributed by atoms with van der Waals surface area (Å²) in [6, 6.07) is 4.05. The molecule has 0 unspecified atom stereocenters. The van der Waals surface area contributed by atoms with Crippen LogP contribution in [0.3, 0.4) is 0 Å². The van der Waals surface area contributed by atoms with Crippen LogP contribution in [0.5, 0.6) is 0 Å². The van der Waals surface area contributed by atoms with E-state index < -0.39 is 11.9 Å². The van der Waals surface area contributed by atoms with E-state index in [9.17, 15) is 19.8 Å². The molecule has 0 aromatic heterocycles. The first-order valence-electron chi connectivity index (χ1n) is 9.32. The molecule has 26 heavy (non-hydrogen) atoms. The first-order chi connectivity index (χ1) is 12.2. The van der Waals surface area contributed by atoms with E-state index in [1.165, 1.54) is 50.3 Å². The highest BCUT2D eigenvalue weighted by Gasteiger charge is 2.59. The summed E-state index contributed by atoms with van der Waals surface area (Å²) in [6.45, 7) is 4.68. The van der Waals surface area contributed by atoms with E-state index in [1.807, 2.05) is 0 Å². The van der Waals surface area contributed by atoms with E-state index >= 15 is 0 Å². The molecule has 0 aliphatic heterocycles. The molecular formula is C22H24O4. The van der Waals surface area contributed by atoms with Gasteiger partial charge < -0.3 is 10.2 Å². The molecule has 4 heteroatoms. The van der Waals surface area contributed by atoms with Crippen molar-refractivity contribution in [3.8, 4) is 11.8 Å². The lowest BCUT2D eigenvalue weighted by Gasteiger charge is -2.63. The van der Waals surface area contributed by atoms with Crippen molar-refractivity contribution in [2.75, 3.05) is 0 Å². The average molecular weight is 352 g/mol. The molecule has 4 fully saturated rings. The van der Waals surface area contributed by atoms with Gasteiger partial charge >= 0.3 is 11.9 Å². The van der Waals surface area contributed by atoms with Gasteiger partial charge in [-0.2, -0.15) is 0 Å². The van der Waals surface area contributed by atoms with Crippen LogP contribution in [0, 0.1) is 40.4 Å². The second-order valence-electron chi connectivity index (χ2n) is 9.17. The molecule has 5 rings (SSSR count). The van der Waals surface area contributed by atoms with Crippen LogP contribution in [-0.2, 0) is 0 Å². The Morgan fingerprint density at radius 3 is 2.08 bits per heavy atom. The molecule has 4 aliphatic carbocycles. The van der Waals surface area contributed by atoms with E-state index in [1.54, 1.807) is 0 Å². The third-order valence-electron chi connectivity index (χ3n) is 6.93. The van der Waals surface area contributed by atoms with Gasteiger partial charge in [-0.25, -0.2) is 9.59 Å². The lowest BCUT2D eigenvalue weighted by Crippen LogP contribution is -2.55. The van der Waals surface area contributed by atoms with Crippen LogP contribution in [0.15, 0.2) is 18.2 Å². The molecule has 4 bridgehead atoms. The number of hydrogen-bond donors (Lipinski definition) is 2. The number of aromatic carboxylic acids is 2. The van der Waals surface area contributed by atoms with Crippen molar-refractivity contribution in [1.82, 2.24) is 0 Å². The predicted octanol–water partition coefficient (Wildman–Crippen LogP) is 4.29. The molecule has 0 radical (unpaired) electrons. The molecule has 1 aromatic rings. The van der Waals surface area contributed by atoms with Crippen molar-refractivity contribution in [2.24, 2.45) is 28.6 Å². The van der Waals surface area contributed by atoms with Crippen molar-refractivity contribution < 1.29 is 19.8 Å². The van der Waals surface area contributed by atoms with Gasteiger partial charge in [-0.1, -0.05) is 25.7 Å². The van der Waals surface area contributed by atoms with Crippen molar-refractivity contribution in [1.29, 1.82) is 0 Å². The smallest absolute Gasteiger partial charge is 0.336 e. The third-order valence-corrected chi connectivity index (χ3v) is 6.93. The Kier molecular flexibility index (Phi) is 3.70. The van der Waals surface area contributed by atoms with Crippen molar-refractivity contribution in [3.05, 3.63) is 34.9 Å². The van der Waals surface area contributed by atoms with Gasteiger partial charge in [-0.05, 0) is 73.0 Å². The quantitative estimate of drug-likeness (QED) is 0.779. The molecule has 0 saturated heterocycles. The maximum atomic E-state index is 11.5. The highest BCUT2D eigenvalue weighted by molar-refractivity contribution is 5.94. The second kappa shape index (κ2) is 5.61. The van der Waals surface area contributed by atoms with E-state index in [0.29, 0.717) is 5.56 Å². The van der Waals surface area contributed by atoms with Gasteiger partial charge in [-0.3, -0.25) is 0 Å². The van der Waals surface area contributed by atoms with Gasteiger partial charge in [0.05, 0.1) is 11.1 Å². The Balaban J connectivity index is 1.75. The molecule has 136 valence electrons. The molecule has 4 aliphatic rings. The van der Waals surface area contributed by atoms with Crippen LogP contribution < -0.4 is 0 Å². The van der Waals surface area contributed by atoms with Crippen LogP contribution in [0.1, 0.15) is 72.2 Å². The summed E-state index contributed by atoms with van der Waals surface area (Å²) in [6.07, 6.45) is 6.19. The highest BCUT2D eigenvalue weighted by atomic mass is 16.4. The zero-order chi connectivity index (χ0) is 18.7. The molecule has 0 atom stereocenters. The number of carboxylic acid groups (broad SMARTS) is 2. The van der Waals surface area contributed by atoms with Crippen molar-refractivity contribution in [3.63, 3.8) is 0 Å². The third kappa shape index (κ3) is 2.61. The molecule has 4 nitrogen and oxygen atoms in total. The van der Waals surface area contributed by atoms with Gasteiger partial charge in [0.25, 0.3) is 0 Å². The van der Waals surface area contributed by atoms with Crippen molar-refractivity contribution in [2.45, 2.75) is 46.0 Å². The van der Waals surface area contributed by atoms with Gasteiger partial charge in [0, 0.05) is 11.5 Å². The Morgan fingerprint density at radius 1 is 1.00 bits per heavy atom. The van der Waals surface area contributed by atoms with Gasteiger partial charge in [-0.15, -0.1) is 0 Å². The average Bonchev–Trinajstić information content (AvgIpc) is 2.51. The van der Waals surface area contributed by atoms with E-state index in [-0.39, 0.29) is 27.9 Å². The number of carbonyl (C=O) groups is 2. The summed E-state index contributed by atoms with van der Waals surface area (Å²) in [5.74, 6) is 6.19. The molecule has 2 N–H and O–H groups in total. The fourth-order valence-corrected chi connectivity index (χ4v) is 6.53. The summed E-state index contributed by atoms with van der Waals surface area (Å²) in [4.78, 5) is 22.8. The summed E-state index contributed by atoms with van der Waals surface area (Å²) in [5.41, 5.74) is 0.834. The molecule has 0 heterocycles. The van der Waals surface area contributed by atoms with Crippen LogP contribution in [0.2, 0.25) is 0 Å². The number of rotatable bonds is 2. The summed E-state index contributed by atoms with van der Waals surface area (Å²) >= 11 is 0. The minimum atomic E-state index is -1.08. The Hall–Kier alpha value is -2.28. The largest absolute Gasteiger partial charge is 0.478 e. The first-order valence-corrected chi connectivity index (χ1v) is 9.32. The van der Waals surface area contributed by atoms with Crippen LogP contribution in [0.4, 0.5) is 0 Å². The number of benzene rings is 1. The van der Waals surface area contributed by atoms with Gasteiger partial charge in [0.1, 0.15) is 0 Å². The van der Waals surface area contributed by atoms with Crippen LogP contribution in [-0.4, -0.2) is 22.2 Å². The summed E-state index contributed by atoms with van der Waals surface area (Å²) in [7, 11) is 0. The molecule has 0 spiro atoms. The topological polar surface area (TPSA) is 74.6 Å². The fourth-order valence-electron chi connectivity index (χ4n) is 6.53. The monoisotopic (exact) mass is 352 g/mol. The van der Waals surface area contributed by atoms with E-state index in [2.05, 4.69) is 25.7 Å². The second-order valence-corrected chi connectivity index (χ2v) is 9.17. The Labute approximate surface area is 153 Å². The maximum Gasteiger partial charge on any atom is 0.336 e. The van der Waals surface area contributed by atoms with Gasteiger partial charge in [0.2, 0.25) is 0 Å². The maximum absolute atomic E-state index is 11.5. The van der Waals surface area contributed by atoms with Crippen LogP contribution in [0.25, 0.3) is 0 Å². The lowest BCUT2D eigenvalue weighted by molar-refractivity contribution is -0.127. The zero-order valence-electron chi connectivity index (χ0n) is 15.2. The number of hydrogen-bond acceptors (Lipinski definition) is 2. The minimum absolute atomic E-state index is 0.0709. The van der Waals surface area contributed by atoms with E-state index in [0.717, 1.165) is 11.8 Å². The fraction of sp³-hybridized carbons (Fsp3) is 0.545. The Bertz CT molecular complexity index is 821. The zero-order valence-corrected chi connectivity index (χ0v) is 15.2. The molecule has 1 aromatic carbocycles. The van der Waals surface area contributed by atoms with Crippen molar-refractivity contribution >= 4 is 11.9 Å².